The average molecular weight is 398 g/mol. The summed E-state index contributed by atoms with van der Waals surface area (Å²) in [5.41, 5.74) is 1.31. The number of amides is 2. The van der Waals surface area contributed by atoms with Crippen LogP contribution < -0.4 is 15.5 Å². The Morgan fingerprint density at radius 3 is 1.97 bits per heavy atom. The van der Waals surface area contributed by atoms with Gasteiger partial charge in [-0.1, -0.05) is 36.4 Å². The number of hydrogen-bond donors (Lipinski definition) is 3. The normalized spacial score (nSPS) is 15.2. The van der Waals surface area contributed by atoms with Crippen LogP contribution in [-0.2, 0) is 9.47 Å². The van der Waals surface area contributed by atoms with Crippen molar-refractivity contribution in [2.75, 3.05) is 36.9 Å². The van der Waals surface area contributed by atoms with E-state index in [1.807, 2.05) is 36.4 Å². The maximum absolute atomic E-state index is 12.3. The van der Waals surface area contributed by atoms with Crippen LogP contribution in [-0.4, -0.2) is 44.5 Å². The van der Waals surface area contributed by atoms with Crippen molar-refractivity contribution in [3.63, 3.8) is 0 Å². The van der Waals surface area contributed by atoms with Gasteiger partial charge in [0.05, 0.1) is 13.1 Å². The molecule has 0 aromatic heterocycles. The molecule has 0 spiro atoms. The van der Waals surface area contributed by atoms with E-state index in [0.717, 1.165) is 25.9 Å². The highest BCUT2D eigenvalue weighted by Crippen LogP contribution is 2.08. The second-order valence-electron chi connectivity index (χ2n) is 7.12. The number of ether oxygens (including phenoxy) is 2. The third kappa shape index (κ3) is 7.46. The fraction of sp³-hybridized carbons (Fsp3) is 0.364. The van der Waals surface area contributed by atoms with Crippen LogP contribution in [0.4, 0.5) is 21.0 Å². The molecule has 2 amide bonds. The Labute approximate surface area is 171 Å². The molecule has 2 aromatic rings. The summed E-state index contributed by atoms with van der Waals surface area (Å²) in [4.78, 5) is 25.8. The molecule has 1 atom stereocenters. The summed E-state index contributed by atoms with van der Waals surface area (Å²) < 4.78 is 10.9. The fourth-order valence-corrected chi connectivity index (χ4v) is 3.38. The molecule has 1 fully saturated rings. The van der Waals surface area contributed by atoms with Gasteiger partial charge in [0, 0.05) is 11.4 Å². The van der Waals surface area contributed by atoms with E-state index in [1.165, 1.54) is 11.3 Å². The highest BCUT2D eigenvalue weighted by Gasteiger charge is 2.24. The first-order valence-corrected chi connectivity index (χ1v) is 10.0. The van der Waals surface area contributed by atoms with Gasteiger partial charge in [-0.05, 0) is 43.5 Å². The van der Waals surface area contributed by atoms with E-state index >= 15 is 0 Å². The summed E-state index contributed by atoms with van der Waals surface area (Å²) >= 11 is 0. The minimum Gasteiger partial charge on any atom is -0.445 e. The zero-order chi connectivity index (χ0) is 20.3. The summed E-state index contributed by atoms with van der Waals surface area (Å²) in [7, 11) is 0. The Morgan fingerprint density at radius 1 is 0.828 bits per heavy atom. The number of quaternary nitrogens is 1. The van der Waals surface area contributed by atoms with Crippen LogP contribution in [0, 0.1) is 0 Å². The number of rotatable bonds is 7. The summed E-state index contributed by atoms with van der Waals surface area (Å²) in [5.74, 6) is 0. The first kappa shape index (κ1) is 20.7. The van der Waals surface area contributed by atoms with Crippen molar-refractivity contribution in [2.24, 2.45) is 0 Å². The number of likely N-dealkylation sites (tertiary alicyclic amines) is 1. The minimum absolute atomic E-state index is 0.00434. The molecule has 1 unspecified atom stereocenters. The van der Waals surface area contributed by atoms with Gasteiger partial charge in [-0.3, -0.25) is 10.6 Å². The Bertz CT molecular complexity index is 764. The molecule has 154 valence electrons. The molecule has 7 heteroatoms. The molecule has 7 nitrogen and oxygen atoms in total. The van der Waals surface area contributed by atoms with Gasteiger partial charge in [-0.25, -0.2) is 9.59 Å². The zero-order valence-electron chi connectivity index (χ0n) is 16.4. The monoisotopic (exact) mass is 398 g/mol. The van der Waals surface area contributed by atoms with Gasteiger partial charge in [0.15, 0.2) is 6.10 Å². The van der Waals surface area contributed by atoms with Crippen LogP contribution in [0.3, 0.4) is 0 Å². The summed E-state index contributed by atoms with van der Waals surface area (Å²) in [6.07, 6.45) is 1.92. The van der Waals surface area contributed by atoms with Crippen LogP contribution in [0.25, 0.3) is 0 Å². The van der Waals surface area contributed by atoms with Gasteiger partial charge < -0.3 is 14.4 Å². The highest BCUT2D eigenvalue weighted by atomic mass is 16.6. The van der Waals surface area contributed by atoms with Crippen molar-refractivity contribution < 1.29 is 24.0 Å². The van der Waals surface area contributed by atoms with Gasteiger partial charge in [0.1, 0.15) is 13.2 Å². The second kappa shape index (κ2) is 11.1. The molecule has 0 radical (unpaired) electrons. The summed E-state index contributed by atoms with van der Waals surface area (Å²) in [6, 6.07) is 18.2. The van der Waals surface area contributed by atoms with Crippen molar-refractivity contribution in [1.82, 2.24) is 0 Å². The number of carbonyl (C=O) groups is 2. The van der Waals surface area contributed by atoms with Crippen molar-refractivity contribution in [2.45, 2.75) is 25.4 Å². The molecule has 0 saturated carbocycles. The molecule has 3 rings (SSSR count). The molecular formula is C22H28N3O4+. The molecule has 0 bridgehead atoms. The fourth-order valence-electron chi connectivity index (χ4n) is 3.38. The number of hydrogen-bond acceptors (Lipinski definition) is 4. The largest absolute Gasteiger partial charge is 0.445 e. The molecule has 0 aliphatic carbocycles. The van der Waals surface area contributed by atoms with Crippen LogP contribution in [0.15, 0.2) is 60.7 Å². The molecular weight excluding hydrogens is 370 g/mol. The molecule has 2 aromatic carbocycles. The maximum Gasteiger partial charge on any atom is 0.412 e. The van der Waals surface area contributed by atoms with Crippen molar-refractivity contribution in [3.8, 4) is 0 Å². The summed E-state index contributed by atoms with van der Waals surface area (Å²) in [5, 5.41) is 5.38. The first-order chi connectivity index (χ1) is 14.2. The lowest BCUT2D eigenvalue weighted by atomic mass is 10.1. The highest BCUT2D eigenvalue weighted by molar-refractivity contribution is 5.85. The smallest absolute Gasteiger partial charge is 0.412 e. The van der Waals surface area contributed by atoms with Gasteiger partial charge in [0.2, 0.25) is 0 Å². The van der Waals surface area contributed by atoms with Crippen LogP contribution in [0.1, 0.15) is 19.3 Å². The van der Waals surface area contributed by atoms with Crippen LogP contribution in [0.5, 0.6) is 0 Å². The standard InChI is InChI=1S/C22H27N3O4/c26-21(23-18-10-4-1-5-11-18)28-17-20(16-25-14-8-3-9-15-25)29-22(27)24-19-12-6-2-7-13-19/h1-2,4-7,10-13,20H,3,8-9,14-17H2,(H,23,26)(H,24,27)/p+1. The van der Waals surface area contributed by atoms with E-state index in [0.29, 0.717) is 17.9 Å². The van der Waals surface area contributed by atoms with Crippen molar-refractivity contribution in [1.29, 1.82) is 0 Å². The quantitative estimate of drug-likeness (QED) is 0.670. The van der Waals surface area contributed by atoms with Crippen molar-refractivity contribution >= 4 is 23.6 Å². The Balaban J connectivity index is 1.53. The average Bonchev–Trinajstić information content (AvgIpc) is 2.74. The lowest BCUT2D eigenvalue weighted by molar-refractivity contribution is -0.907. The van der Waals surface area contributed by atoms with Gasteiger partial charge in [-0.2, -0.15) is 0 Å². The molecule has 1 aliphatic rings. The molecule has 3 N–H and O–H groups in total. The Hall–Kier alpha value is -3.06. The Kier molecular flexibility index (Phi) is 7.89. The van der Waals surface area contributed by atoms with Gasteiger partial charge >= 0.3 is 12.2 Å². The number of nitrogens with one attached hydrogen (secondary N) is 3. The van der Waals surface area contributed by atoms with Gasteiger partial charge in [-0.15, -0.1) is 0 Å². The lowest BCUT2D eigenvalue weighted by Gasteiger charge is -2.27. The second-order valence-corrected chi connectivity index (χ2v) is 7.12. The van der Waals surface area contributed by atoms with E-state index in [1.54, 1.807) is 24.3 Å². The predicted molar refractivity (Wildman–Crippen MR) is 111 cm³/mol. The number of anilines is 2. The van der Waals surface area contributed by atoms with E-state index < -0.39 is 18.3 Å². The van der Waals surface area contributed by atoms with E-state index in [4.69, 9.17) is 9.47 Å². The van der Waals surface area contributed by atoms with Crippen molar-refractivity contribution in [3.05, 3.63) is 60.7 Å². The first-order valence-electron chi connectivity index (χ1n) is 10.0. The number of para-hydroxylation sites is 2. The zero-order valence-corrected chi connectivity index (χ0v) is 16.4. The molecule has 1 heterocycles. The number of piperidine rings is 1. The third-order valence-corrected chi connectivity index (χ3v) is 4.79. The number of benzene rings is 2. The van der Waals surface area contributed by atoms with Gasteiger partial charge in [0.25, 0.3) is 0 Å². The van der Waals surface area contributed by atoms with Crippen LogP contribution >= 0.6 is 0 Å². The number of carbonyl (C=O) groups excluding carboxylic acids is 2. The molecule has 1 saturated heterocycles. The van der Waals surface area contributed by atoms with E-state index in [2.05, 4.69) is 10.6 Å². The summed E-state index contributed by atoms with van der Waals surface area (Å²) in [6.45, 7) is 2.69. The van der Waals surface area contributed by atoms with E-state index in [-0.39, 0.29) is 6.61 Å². The Morgan fingerprint density at radius 2 is 1.38 bits per heavy atom. The molecule has 29 heavy (non-hydrogen) atoms. The molecule has 1 aliphatic heterocycles. The maximum atomic E-state index is 12.3. The third-order valence-electron chi connectivity index (χ3n) is 4.79. The minimum atomic E-state index is -0.568. The SMILES string of the molecule is O=C(Nc1ccccc1)OCC(C[NH+]1CCCCC1)OC(=O)Nc1ccccc1. The van der Waals surface area contributed by atoms with Crippen LogP contribution in [0.2, 0.25) is 0 Å². The topological polar surface area (TPSA) is 81.1 Å². The predicted octanol–water partition coefficient (Wildman–Crippen LogP) is 2.92. The van der Waals surface area contributed by atoms with E-state index in [9.17, 15) is 9.59 Å². The lowest BCUT2D eigenvalue weighted by Crippen LogP contribution is -3.14.